The number of carbonyl (C=O) groups excluding carboxylic acids is 1. The predicted octanol–water partition coefficient (Wildman–Crippen LogP) is 4.60. The first kappa shape index (κ1) is 21.6. The first-order valence-corrected chi connectivity index (χ1v) is 10.3. The molecular weight excluding hydrogens is 444 g/mol. The Morgan fingerprint density at radius 2 is 1.77 bits per heavy atom. The van der Waals surface area contributed by atoms with Gasteiger partial charge in [0, 0.05) is 28.0 Å². The molecule has 0 spiro atoms. The van der Waals surface area contributed by atoms with E-state index in [1.165, 1.54) is 0 Å². The van der Waals surface area contributed by atoms with Gasteiger partial charge in [-0.05, 0) is 37.1 Å². The van der Waals surface area contributed by atoms with Crippen LogP contribution in [0, 0.1) is 0 Å². The fourth-order valence-electron chi connectivity index (χ4n) is 3.60. The Balaban J connectivity index is 1.88. The molecule has 0 fully saturated rings. The summed E-state index contributed by atoms with van der Waals surface area (Å²) in [5.74, 6) is -2.01. The van der Waals surface area contributed by atoms with Gasteiger partial charge in [0.15, 0.2) is 0 Å². The first-order valence-electron chi connectivity index (χ1n) is 9.55. The van der Waals surface area contributed by atoms with E-state index < -0.39 is 11.9 Å². The summed E-state index contributed by atoms with van der Waals surface area (Å²) in [4.78, 5) is 25.1. The zero-order chi connectivity index (χ0) is 21.7. The van der Waals surface area contributed by atoms with Crippen molar-refractivity contribution in [3.8, 4) is 0 Å². The highest BCUT2D eigenvalue weighted by Gasteiger charge is 2.36. The lowest BCUT2D eigenvalue weighted by Crippen LogP contribution is -2.36. The molecule has 0 aromatic heterocycles. The molecule has 1 heterocycles. The van der Waals surface area contributed by atoms with Gasteiger partial charge in [-0.1, -0.05) is 70.5 Å². The van der Waals surface area contributed by atoms with Gasteiger partial charge in [-0.2, -0.15) is 0 Å². The van der Waals surface area contributed by atoms with Crippen LogP contribution < -0.4 is 10.6 Å². The number of benzene rings is 2. The number of rotatable bonds is 6. The summed E-state index contributed by atoms with van der Waals surface area (Å²) < 4.78 is 0.823. The van der Waals surface area contributed by atoms with Crippen LogP contribution >= 0.6 is 15.9 Å². The van der Waals surface area contributed by atoms with Crippen LogP contribution in [0.1, 0.15) is 30.9 Å². The van der Waals surface area contributed by atoms with Gasteiger partial charge in [-0.25, -0.2) is 4.79 Å². The third-order valence-corrected chi connectivity index (χ3v) is 5.40. The lowest BCUT2D eigenvalue weighted by atomic mass is 9.80. The van der Waals surface area contributed by atoms with Crippen molar-refractivity contribution >= 4 is 33.9 Å². The predicted molar refractivity (Wildman–Crippen MR) is 122 cm³/mol. The van der Waals surface area contributed by atoms with E-state index in [9.17, 15) is 14.7 Å². The maximum absolute atomic E-state index is 13.1. The first-order chi connectivity index (χ1) is 14.4. The number of carboxylic acids is 1. The molecule has 1 amide bonds. The summed E-state index contributed by atoms with van der Waals surface area (Å²) in [6.07, 6.45) is 3.80. The third kappa shape index (κ3) is 4.89. The minimum absolute atomic E-state index is 0.170. The van der Waals surface area contributed by atoms with E-state index in [0.29, 0.717) is 23.5 Å². The van der Waals surface area contributed by atoms with Crippen molar-refractivity contribution in [2.45, 2.75) is 19.8 Å². The molecule has 0 saturated carbocycles. The third-order valence-electron chi connectivity index (χ3n) is 4.91. The van der Waals surface area contributed by atoms with E-state index >= 15 is 0 Å². The average Bonchev–Trinajstić information content (AvgIpc) is 2.71. The van der Waals surface area contributed by atoms with Crippen LogP contribution in [0.3, 0.4) is 0 Å². The van der Waals surface area contributed by atoms with Gasteiger partial charge in [-0.15, -0.1) is 0 Å². The second kappa shape index (κ2) is 9.59. The minimum atomic E-state index is -1.05. The van der Waals surface area contributed by atoms with Crippen LogP contribution in [-0.4, -0.2) is 23.5 Å². The van der Waals surface area contributed by atoms with Crippen LogP contribution in [0.15, 0.2) is 87.7 Å². The SMILES string of the molecule is CC1=C(C(=O)O)C(c2cccc(Br)c2)C(C(=O)NCC=Cc2ccccc2)=C(C)N1. The Morgan fingerprint density at radius 3 is 2.43 bits per heavy atom. The number of amides is 1. The monoisotopic (exact) mass is 466 g/mol. The summed E-state index contributed by atoms with van der Waals surface area (Å²) in [6, 6.07) is 17.2. The number of hydrogen-bond donors (Lipinski definition) is 3. The molecule has 1 aliphatic rings. The number of dihydropyridines is 1. The Bertz CT molecular complexity index is 1060. The Labute approximate surface area is 184 Å². The van der Waals surface area contributed by atoms with Crippen molar-refractivity contribution in [3.63, 3.8) is 0 Å². The molecule has 3 rings (SSSR count). The molecule has 5 nitrogen and oxygen atoms in total. The molecule has 30 heavy (non-hydrogen) atoms. The summed E-state index contributed by atoms with van der Waals surface area (Å²) in [5, 5.41) is 15.8. The molecule has 3 N–H and O–H groups in total. The van der Waals surface area contributed by atoms with Gasteiger partial charge in [0.1, 0.15) is 0 Å². The highest BCUT2D eigenvalue weighted by Crippen LogP contribution is 2.38. The summed E-state index contributed by atoms with van der Waals surface area (Å²) >= 11 is 3.44. The lowest BCUT2D eigenvalue weighted by molar-refractivity contribution is -0.133. The van der Waals surface area contributed by atoms with E-state index in [1.807, 2.05) is 66.7 Å². The molecule has 0 aliphatic carbocycles. The van der Waals surface area contributed by atoms with Crippen LogP contribution in [-0.2, 0) is 9.59 Å². The largest absolute Gasteiger partial charge is 0.478 e. The fraction of sp³-hybridized carbons (Fsp3) is 0.167. The molecular formula is C24H23BrN2O3. The quantitative estimate of drug-likeness (QED) is 0.581. The van der Waals surface area contributed by atoms with Crippen LogP contribution in [0.2, 0.25) is 0 Å². The second-order valence-corrected chi connectivity index (χ2v) is 7.93. The van der Waals surface area contributed by atoms with Crippen molar-refractivity contribution in [1.29, 1.82) is 0 Å². The van der Waals surface area contributed by atoms with Gasteiger partial charge < -0.3 is 15.7 Å². The zero-order valence-corrected chi connectivity index (χ0v) is 18.4. The maximum Gasteiger partial charge on any atom is 0.334 e. The Kier molecular flexibility index (Phi) is 6.90. The van der Waals surface area contributed by atoms with Crippen LogP contribution in [0.5, 0.6) is 0 Å². The van der Waals surface area contributed by atoms with Gasteiger partial charge in [0.25, 0.3) is 0 Å². The number of carbonyl (C=O) groups is 2. The Morgan fingerprint density at radius 1 is 1.07 bits per heavy atom. The highest BCUT2D eigenvalue weighted by atomic mass is 79.9. The zero-order valence-electron chi connectivity index (χ0n) is 16.8. The normalized spacial score (nSPS) is 16.6. The van der Waals surface area contributed by atoms with Crippen molar-refractivity contribution in [2.75, 3.05) is 6.54 Å². The van der Waals surface area contributed by atoms with E-state index in [0.717, 1.165) is 15.6 Å². The molecule has 1 aliphatic heterocycles. The topological polar surface area (TPSA) is 78.4 Å². The number of carboxylic acid groups (broad SMARTS) is 1. The summed E-state index contributed by atoms with van der Waals surface area (Å²) in [6.45, 7) is 3.85. The van der Waals surface area contributed by atoms with Crippen molar-refractivity contribution < 1.29 is 14.7 Å². The summed E-state index contributed by atoms with van der Waals surface area (Å²) in [5.41, 5.74) is 3.54. The van der Waals surface area contributed by atoms with Crippen molar-refractivity contribution in [2.24, 2.45) is 0 Å². The van der Waals surface area contributed by atoms with Gasteiger partial charge >= 0.3 is 5.97 Å². The van der Waals surface area contributed by atoms with Gasteiger partial charge in [0.05, 0.1) is 11.5 Å². The number of nitrogens with one attached hydrogen (secondary N) is 2. The van der Waals surface area contributed by atoms with Crippen LogP contribution in [0.25, 0.3) is 6.08 Å². The smallest absolute Gasteiger partial charge is 0.334 e. The second-order valence-electron chi connectivity index (χ2n) is 7.02. The van der Waals surface area contributed by atoms with Crippen LogP contribution in [0.4, 0.5) is 0 Å². The molecule has 0 bridgehead atoms. The molecule has 2 aromatic carbocycles. The molecule has 0 saturated heterocycles. The lowest BCUT2D eigenvalue weighted by Gasteiger charge is -2.30. The van der Waals surface area contributed by atoms with E-state index in [-0.39, 0.29) is 11.5 Å². The summed E-state index contributed by atoms with van der Waals surface area (Å²) in [7, 11) is 0. The van der Waals surface area contributed by atoms with E-state index in [1.54, 1.807) is 13.8 Å². The minimum Gasteiger partial charge on any atom is -0.478 e. The maximum atomic E-state index is 13.1. The average molecular weight is 467 g/mol. The molecule has 154 valence electrons. The van der Waals surface area contributed by atoms with Crippen molar-refractivity contribution in [3.05, 3.63) is 98.8 Å². The highest BCUT2D eigenvalue weighted by molar-refractivity contribution is 9.10. The standard InChI is InChI=1S/C24H23BrN2O3/c1-15-20(23(28)26-13-7-10-17-8-4-3-5-9-17)22(18-11-6-12-19(25)14-18)21(24(29)30)16(2)27-15/h3-12,14,22,27H,13H2,1-2H3,(H,26,28)(H,29,30). The van der Waals surface area contributed by atoms with Crippen molar-refractivity contribution in [1.82, 2.24) is 10.6 Å². The molecule has 0 radical (unpaired) electrons. The molecule has 6 heteroatoms. The Hall–Kier alpha value is -3.12. The molecule has 2 aromatic rings. The number of hydrogen-bond acceptors (Lipinski definition) is 3. The number of allylic oxidation sites excluding steroid dienone is 2. The number of aliphatic carboxylic acids is 1. The van der Waals surface area contributed by atoms with Gasteiger partial charge in [-0.3, -0.25) is 4.79 Å². The van der Waals surface area contributed by atoms with E-state index in [4.69, 9.17) is 0 Å². The van der Waals surface area contributed by atoms with Gasteiger partial charge in [0.2, 0.25) is 5.91 Å². The van der Waals surface area contributed by atoms with E-state index in [2.05, 4.69) is 26.6 Å². The number of halogens is 1. The fourth-order valence-corrected chi connectivity index (χ4v) is 4.02. The molecule has 1 atom stereocenters. The molecule has 1 unspecified atom stereocenters.